The average Bonchev–Trinajstić information content (AvgIpc) is 2.92. The van der Waals surface area contributed by atoms with Crippen LogP contribution in [0.15, 0.2) is 84.9 Å². The van der Waals surface area contributed by atoms with Gasteiger partial charge in [-0.15, -0.1) is 0 Å². The Morgan fingerprint density at radius 2 is 1.32 bits per heavy atom. The van der Waals surface area contributed by atoms with E-state index < -0.39 is 24.1 Å². The van der Waals surface area contributed by atoms with E-state index in [4.69, 9.17) is 4.74 Å². The maximum Gasteiger partial charge on any atom is 0.456 e. The van der Waals surface area contributed by atoms with Gasteiger partial charge in [-0.25, -0.2) is 0 Å². The molecular formula is C31H35F5O2. The lowest BCUT2D eigenvalue weighted by Gasteiger charge is -2.43. The highest BCUT2D eigenvalue weighted by Gasteiger charge is 2.58. The first kappa shape index (κ1) is 29.6. The minimum absolute atomic E-state index is 0.0337. The molecule has 3 rings (SSSR count). The van der Waals surface area contributed by atoms with Crippen LogP contribution in [0.25, 0.3) is 0 Å². The van der Waals surface area contributed by atoms with Gasteiger partial charge in [0, 0.05) is 12.0 Å². The quantitative estimate of drug-likeness (QED) is 0.223. The molecule has 0 aliphatic carbocycles. The van der Waals surface area contributed by atoms with Gasteiger partial charge < -0.3 is 9.84 Å². The first-order chi connectivity index (χ1) is 18.0. The predicted octanol–water partition coefficient (Wildman–Crippen LogP) is 8.54. The van der Waals surface area contributed by atoms with E-state index in [9.17, 15) is 27.1 Å². The lowest BCUT2D eigenvalue weighted by molar-refractivity contribution is -0.290. The summed E-state index contributed by atoms with van der Waals surface area (Å²) >= 11 is 0. The topological polar surface area (TPSA) is 29.5 Å². The van der Waals surface area contributed by atoms with Crippen LogP contribution < -0.4 is 4.74 Å². The van der Waals surface area contributed by atoms with Crippen molar-refractivity contribution in [1.82, 2.24) is 0 Å². The predicted molar refractivity (Wildman–Crippen MR) is 140 cm³/mol. The van der Waals surface area contributed by atoms with Gasteiger partial charge in [-0.05, 0) is 53.5 Å². The monoisotopic (exact) mass is 534 g/mol. The van der Waals surface area contributed by atoms with Crippen molar-refractivity contribution in [2.45, 2.75) is 63.0 Å². The SMILES string of the molecule is CCC(C)CCC(c1ccccc1)C(CCO)(c1ccccc1)c1ccc(OCC(F)(F)C(F)(F)F)cc1. The molecule has 206 valence electrons. The highest BCUT2D eigenvalue weighted by atomic mass is 19.4. The maximum absolute atomic E-state index is 13.4. The minimum Gasteiger partial charge on any atom is -0.487 e. The summed E-state index contributed by atoms with van der Waals surface area (Å²) in [6.45, 7) is 2.47. The van der Waals surface area contributed by atoms with Gasteiger partial charge in [0.05, 0.1) is 0 Å². The van der Waals surface area contributed by atoms with E-state index in [0.717, 1.165) is 36.0 Å². The van der Waals surface area contributed by atoms with Gasteiger partial charge in [0.2, 0.25) is 0 Å². The van der Waals surface area contributed by atoms with Crippen molar-refractivity contribution in [3.8, 4) is 5.75 Å². The largest absolute Gasteiger partial charge is 0.487 e. The standard InChI is InChI=1S/C31H35F5O2/c1-3-23(2)14-19-28(24-10-6-4-7-11-24)29(20-21-37,25-12-8-5-9-13-25)26-15-17-27(18-16-26)38-22-30(32,33)31(34,35)36/h4-13,15-18,23,28,37H,3,14,19-22H2,1-2H3. The summed E-state index contributed by atoms with van der Waals surface area (Å²) < 4.78 is 69.4. The average molecular weight is 535 g/mol. The van der Waals surface area contributed by atoms with Gasteiger partial charge in [0.15, 0.2) is 6.61 Å². The zero-order valence-corrected chi connectivity index (χ0v) is 21.7. The van der Waals surface area contributed by atoms with Crippen molar-refractivity contribution < 1.29 is 31.8 Å². The van der Waals surface area contributed by atoms with Crippen molar-refractivity contribution >= 4 is 0 Å². The van der Waals surface area contributed by atoms with Crippen molar-refractivity contribution in [2.75, 3.05) is 13.2 Å². The molecule has 0 aliphatic heterocycles. The summed E-state index contributed by atoms with van der Waals surface area (Å²) in [6.07, 6.45) is -2.46. The number of benzene rings is 3. The van der Waals surface area contributed by atoms with Gasteiger partial charge >= 0.3 is 12.1 Å². The molecule has 1 N–H and O–H groups in total. The molecule has 0 aliphatic rings. The highest BCUT2D eigenvalue weighted by molar-refractivity contribution is 5.46. The molecule has 0 spiro atoms. The fourth-order valence-corrected chi connectivity index (χ4v) is 5.09. The van der Waals surface area contributed by atoms with Crippen LogP contribution in [0.2, 0.25) is 0 Å². The van der Waals surface area contributed by atoms with Crippen LogP contribution in [0.4, 0.5) is 22.0 Å². The van der Waals surface area contributed by atoms with Crippen molar-refractivity contribution in [3.63, 3.8) is 0 Å². The first-order valence-corrected chi connectivity index (χ1v) is 12.9. The molecule has 0 aromatic heterocycles. The van der Waals surface area contributed by atoms with Crippen molar-refractivity contribution in [2.24, 2.45) is 5.92 Å². The van der Waals surface area contributed by atoms with Gasteiger partial charge in [-0.2, -0.15) is 22.0 Å². The van der Waals surface area contributed by atoms with Gasteiger partial charge in [-0.3, -0.25) is 0 Å². The molecule has 3 atom stereocenters. The molecule has 3 aromatic rings. The fraction of sp³-hybridized carbons (Fsp3) is 0.419. The third-order valence-electron chi connectivity index (χ3n) is 7.44. The van der Waals surface area contributed by atoms with E-state index in [0.29, 0.717) is 12.3 Å². The van der Waals surface area contributed by atoms with Crippen LogP contribution in [0, 0.1) is 5.92 Å². The highest BCUT2D eigenvalue weighted by Crippen LogP contribution is 2.50. The number of ether oxygens (including phenoxy) is 1. The zero-order valence-electron chi connectivity index (χ0n) is 21.7. The lowest BCUT2D eigenvalue weighted by atomic mass is 9.60. The Morgan fingerprint density at radius 1 is 0.763 bits per heavy atom. The molecule has 7 heteroatoms. The van der Waals surface area contributed by atoms with Crippen LogP contribution in [-0.4, -0.2) is 30.4 Å². The number of halogens is 5. The molecule has 0 bridgehead atoms. The second kappa shape index (κ2) is 12.7. The first-order valence-electron chi connectivity index (χ1n) is 12.9. The summed E-state index contributed by atoms with van der Waals surface area (Å²) in [6, 6.07) is 26.2. The van der Waals surface area contributed by atoms with Crippen LogP contribution >= 0.6 is 0 Å². The molecule has 0 heterocycles. The second-order valence-electron chi connectivity index (χ2n) is 9.88. The normalized spacial score (nSPS) is 15.5. The summed E-state index contributed by atoms with van der Waals surface area (Å²) in [5.74, 6) is -4.58. The minimum atomic E-state index is -5.69. The number of rotatable bonds is 13. The molecule has 0 amide bonds. The fourth-order valence-electron chi connectivity index (χ4n) is 5.09. The third kappa shape index (κ3) is 6.73. The number of hydrogen-bond acceptors (Lipinski definition) is 2. The van der Waals surface area contributed by atoms with Crippen LogP contribution in [0.5, 0.6) is 5.75 Å². The Morgan fingerprint density at radius 3 is 1.84 bits per heavy atom. The summed E-state index contributed by atoms with van der Waals surface area (Å²) in [5.41, 5.74) is 2.24. The summed E-state index contributed by atoms with van der Waals surface area (Å²) in [5, 5.41) is 10.3. The molecule has 0 saturated carbocycles. The smallest absolute Gasteiger partial charge is 0.456 e. The van der Waals surface area contributed by atoms with E-state index in [-0.39, 0.29) is 18.3 Å². The Balaban J connectivity index is 2.10. The molecule has 0 fully saturated rings. The second-order valence-corrected chi connectivity index (χ2v) is 9.88. The Kier molecular flexibility index (Phi) is 9.94. The summed E-state index contributed by atoms with van der Waals surface area (Å²) in [7, 11) is 0. The molecule has 0 saturated heterocycles. The van der Waals surface area contributed by atoms with Gasteiger partial charge in [-0.1, -0.05) is 99.5 Å². The number of hydrogen-bond donors (Lipinski definition) is 1. The number of alkyl halides is 5. The van der Waals surface area contributed by atoms with E-state index in [1.54, 1.807) is 12.1 Å². The lowest BCUT2D eigenvalue weighted by Crippen LogP contribution is -2.41. The van der Waals surface area contributed by atoms with Gasteiger partial charge in [0.25, 0.3) is 0 Å². The Bertz CT molecular complexity index is 1100. The van der Waals surface area contributed by atoms with Gasteiger partial charge in [0.1, 0.15) is 5.75 Å². The molecular weight excluding hydrogens is 499 g/mol. The van der Waals surface area contributed by atoms with Crippen LogP contribution in [-0.2, 0) is 5.41 Å². The zero-order chi connectivity index (χ0) is 27.8. The number of aliphatic hydroxyl groups is 1. The molecule has 0 radical (unpaired) electrons. The van der Waals surface area contributed by atoms with E-state index in [1.165, 1.54) is 12.1 Å². The molecule has 3 aromatic carbocycles. The Labute approximate surface area is 221 Å². The third-order valence-corrected chi connectivity index (χ3v) is 7.44. The van der Waals surface area contributed by atoms with E-state index in [2.05, 4.69) is 26.0 Å². The van der Waals surface area contributed by atoms with E-state index in [1.807, 2.05) is 48.5 Å². The molecule has 2 nitrogen and oxygen atoms in total. The number of aliphatic hydroxyl groups excluding tert-OH is 1. The van der Waals surface area contributed by atoms with Crippen LogP contribution in [0.3, 0.4) is 0 Å². The maximum atomic E-state index is 13.4. The van der Waals surface area contributed by atoms with Crippen molar-refractivity contribution in [3.05, 3.63) is 102 Å². The molecule has 3 unspecified atom stereocenters. The Hall–Kier alpha value is -2.93. The summed E-state index contributed by atoms with van der Waals surface area (Å²) in [4.78, 5) is 0. The molecule has 38 heavy (non-hydrogen) atoms. The van der Waals surface area contributed by atoms with E-state index >= 15 is 0 Å². The van der Waals surface area contributed by atoms with Crippen LogP contribution in [0.1, 0.15) is 62.1 Å². The van der Waals surface area contributed by atoms with Crippen molar-refractivity contribution in [1.29, 1.82) is 0 Å².